The van der Waals surface area contributed by atoms with E-state index in [4.69, 9.17) is 4.74 Å². The molecule has 100 valence electrons. The van der Waals surface area contributed by atoms with Gasteiger partial charge in [0.1, 0.15) is 23.5 Å². The quantitative estimate of drug-likeness (QED) is 0.924. The molecule has 0 saturated carbocycles. The maximum atomic E-state index is 13.6. The normalized spacial score (nSPS) is 12.2. The Morgan fingerprint density at radius 1 is 1.26 bits per heavy atom. The number of hydrogen-bond acceptors (Lipinski definition) is 3. The molecule has 0 radical (unpaired) electrons. The van der Waals surface area contributed by atoms with Crippen molar-refractivity contribution in [3.63, 3.8) is 0 Å². The molecule has 1 atom stereocenters. The van der Waals surface area contributed by atoms with Gasteiger partial charge in [-0.05, 0) is 25.1 Å². The molecule has 1 aromatic heterocycles. The fourth-order valence-electron chi connectivity index (χ4n) is 1.77. The zero-order valence-electron chi connectivity index (χ0n) is 10.3. The average Bonchev–Trinajstić information content (AvgIpc) is 2.39. The van der Waals surface area contributed by atoms with Crippen LogP contribution in [-0.2, 0) is 0 Å². The van der Waals surface area contributed by atoms with E-state index in [0.717, 1.165) is 12.1 Å². The van der Waals surface area contributed by atoms with Gasteiger partial charge in [0.25, 0.3) is 0 Å². The van der Waals surface area contributed by atoms with Crippen LogP contribution in [0.3, 0.4) is 0 Å². The summed E-state index contributed by atoms with van der Waals surface area (Å²) in [7, 11) is 0. The number of nitrogens with zero attached hydrogens (tertiary/aromatic N) is 1. The number of aliphatic hydroxyl groups is 1. The number of ether oxygens (including phenoxy) is 1. The molecule has 1 aromatic carbocycles. The van der Waals surface area contributed by atoms with Crippen molar-refractivity contribution in [2.75, 3.05) is 6.61 Å². The van der Waals surface area contributed by atoms with Gasteiger partial charge in [0, 0.05) is 11.8 Å². The highest BCUT2D eigenvalue weighted by Crippen LogP contribution is 2.28. The highest BCUT2D eigenvalue weighted by molar-refractivity contribution is 5.33. The zero-order valence-corrected chi connectivity index (χ0v) is 10.3. The van der Waals surface area contributed by atoms with Crippen LogP contribution in [0, 0.1) is 11.6 Å². The third-order valence-electron chi connectivity index (χ3n) is 2.63. The van der Waals surface area contributed by atoms with E-state index in [1.807, 2.05) is 0 Å². The van der Waals surface area contributed by atoms with Crippen molar-refractivity contribution in [1.29, 1.82) is 0 Å². The summed E-state index contributed by atoms with van der Waals surface area (Å²) in [5, 5.41) is 10.1. The molecular weight excluding hydrogens is 252 g/mol. The Balaban J connectivity index is 2.38. The first-order chi connectivity index (χ1) is 9.13. The molecule has 19 heavy (non-hydrogen) atoms. The van der Waals surface area contributed by atoms with Crippen LogP contribution in [0.2, 0.25) is 0 Å². The van der Waals surface area contributed by atoms with Crippen LogP contribution in [-0.4, -0.2) is 16.7 Å². The van der Waals surface area contributed by atoms with E-state index in [0.29, 0.717) is 12.4 Å². The molecule has 5 heteroatoms. The van der Waals surface area contributed by atoms with E-state index in [1.165, 1.54) is 24.5 Å². The average molecular weight is 265 g/mol. The van der Waals surface area contributed by atoms with E-state index >= 15 is 0 Å². The molecule has 0 bridgehead atoms. The summed E-state index contributed by atoms with van der Waals surface area (Å²) < 4.78 is 32.4. The number of pyridine rings is 1. The van der Waals surface area contributed by atoms with Gasteiger partial charge >= 0.3 is 0 Å². The van der Waals surface area contributed by atoms with E-state index in [1.54, 1.807) is 6.92 Å². The summed E-state index contributed by atoms with van der Waals surface area (Å²) in [6.07, 6.45) is 1.39. The van der Waals surface area contributed by atoms with E-state index in [2.05, 4.69) is 4.98 Å². The predicted molar refractivity (Wildman–Crippen MR) is 65.8 cm³/mol. The maximum absolute atomic E-state index is 13.6. The number of halogens is 2. The second-order valence-corrected chi connectivity index (χ2v) is 3.92. The molecule has 0 aliphatic rings. The molecule has 0 aliphatic heterocycles. The molecule has 2 rings (SSSR count). The Hall–Kier alpha value is -2.01. The van der Waals surface area contributed by atoms with Crippen LogP contribution in [0.25, 0.3) is 0 Å². The molecule has 1 unspecified atom stereocenters. The van der Waals surface area contributed by atoms with Gasteiger partial charge in [-0.15, -0.1) is 0 Å². The monoisotopic (exact) mass is 265 g/mol. The summed E-state index contributed by atoms with van der Waals surface area (Å²) in [5.41, 5.74) is -0.118. The van der Waals surface area contributed by atoms with Crippen LogP contribution in [0.5, 0.6) is 5.75 Å². The van der Waals surface area contributed by atoms with Gasteiger partial charge in [-0.3, -0.25) is 4.98 Å². The zero-order chi connectivity index (χ0) is 13.8. The van der Waals surface area contributed by atoms with Crippen LogP contribution in [0.1, 0.15) is 24.2 Å². The van der Waals surface area contributed by atoms with Crippen LogP contribution in [0.4, 0.5) is 8.78 Å². The molecule has 1 heterocycles. The third kappa shape index (κ3) is 2.88. The van der Waals surface area contributed by atoms with Gasteiger partial charge in [-0.2, -0.15) is 0 Å². The van der Waals surface area contributed by atoms with Crippen LogP contribution in [0.15, 0.2) is 36.7 Å². The van der Waals surface area contributed by atoms with Gasteiger partial charge < -0.3 is 9.84 Å². The van der Waals surface area contributed by atoms with Crippen molar-refractivity contribution in [3.05, 3.63) is 59.4 Å². The number of benzene rings is 1. The van der Waals surface area contributed by atoms with E-state index in [9.17, 15) is 13.9 Å². The Morgan fingerprint density at radius 2 is 1.95 bits per heavy atom. The van der Waals surface area contributed by atoms with Gasteiger partial charge in [0.15, 0.2) is 0 Å². The summed E-state index contributed by atoms with van der Waals surface area (Å²) in [6.45, 7) is 2.24. The first-order valence-electron chi connectivity index (χ1n) is 5.83. The first kappa shape index (κ1) is 13.4. The van der Waals surface area contributed by atoms with Gasteiger partial charge in [0.05, 0.1) is 18.4 Å². The predicted octanol–water partition coefficient (Wildman–Crippen LogP) is 2.84. The topological polar surface area (TPSA) is 42.4 Å². The number of rotatable bonds is 4. The standard InChI is InChI=1S/C14H13F2NO2/c1-2-19-10-6-9(7-17-8-10)14(18)13-11(15)4-3-5-12(13)16/h3-8,14,18H,2H2,1H3. The van der Waals surface area contributed by atoms with Gasteiger partial charge in [-0.25, -0.2) is 8.78 Å². The Labute approximate surface area is 109 Å². The molecule has 0 aliphatic carbocycles. The maximum Gasteiger partial charge on any atom is 0.137 e. The molecule has 0 saturated heterocycles. The minimum absolute atomic E-state index is 0.273. The van der Waals surface area contributed by atoms with Crippen molar-refractivity contribution in [1.82, 2.24) is 4.98 Å². The molecule has 0 spiro atoms. The van der Waals surface area contributed by atoms with Crippen molar-refractivity contribution in [3.8, 4) is 5.75 Å². The fraction of sp³-hybridized carbons (Fsp3) is 0.214. The number of hydrogen-bond donors (Lipinski definition) is 1. The van der Waals surface area contributed by atoms with Crippen LogP contribution < -0.4 is 4.74 Å². The smallest absolute Gasteiger partial charge is 0.137 e. The van der Waals surface area contributed by atoms with Crippen molar-refractivity contribution < 1.29 is 18.6 Å². The van der Waals surface area contributed by atoms with Gasteiger partial charge in [0.2, 0.25) is 0 Å². The van der Waals surface area contributed by atoms with E-state index in [-0.39, 0.29) is 5.56 Å². The minimum atomic E-state index is -1.42. The lowest BCUT2D eigenvalue weighted by atomic mass is 10.0. The highest BCUT2D eigenvalue weighted by Gasteiger charge is 2.20. The van der Waals surface area contributed by atoms with Gasteiger partial charge in [-0.1, -0.05) is 6.07 Å². The first-order valence-corrected chi connectivity index (χ1v) is 5.83. The molecule has 0 amide bonds. The van der Waals surface area contributed by atoms with Crippen molar-refractivity contribution >= 4 is 0 Å². The Bertz CT molecular complexity index is 555. The summed E-state index contributed by atoms with van der Waals surface area (Å²) in [6, 6.07) is 4.95. The number of aliphatic hydroxyl groups excluding tert-OH is 1. The second kappa shape index (κ2) is 5.75. The lowest BCUT2D eigenvalue weighted by Gasteiger charge is -2.14. The summed E-state index contributed by atoms with van der Waals surface area (Å²) in [4.78, 5) is 3.88. The molecule has 3 nitrogen and oxygen atoms in total. The van der Waals surface area contributed by atoms with E-state index < -0.39 is 23.3 Å². The molecular formula is C14H13F2NO2. The summed E-state index contributed by atoms with van der Waals surface area (Å²) >= 11 is 0. The van der Waals surface area contributed by atoms with Crippen molar-refractivity contribution in [2.45, 2.75) is 13.0 Å². The largest absolute Gasteiger partial charge is 0.492 e. The third-order valence-corrected chi connectivity index (χ3v) is 2.63. The van der Waals surface area contributed by atoms with Crippen molar-refractivity contribution in [2.24, 2.45) is 0 Å². The second-order valence-electron chi connectivity index (χ2n) is 3.92. The Morgan fingerprint density at radius 3 is 2.58 bits per heavy atom. The SMILES string of the molecule is CCOc1cncc(C(O)c2c(F)cccc2F)c1. The summed E-state index contributed by atoms with van der Waals surface area (Å²) in [5.74, 6) is -1.15. The minimum Gasteiger partial charge on any atom is -0.492 e. The fourth-order valence-corrected chi connectivity index (χ4v) is 1.77. The highest BCUT2D eigenvalue weighted by atomic mass is 19.1. The number of aromatic nitrogens is 1. The van der Waals surface area contributed by atoms with Crippen LogP contribution >= 0.6 is 0 Å². The molecule has 1 N–H and O–H groups in total. The molecule has 0 fully saturated rings. The lowest BCUT2D eigenvalue weighted by Crippen LogP contribution is -2.06. The molecule has 2 aromatic rings. The lowest BCUT2D eigenvalue weighted by molar-refractivity contribution is 0.208. The Kier molecular flexibility index (Phi) is 4.06.